The van der Waals surface area contributed by atoms with Crippen LogP contribution in [0.5, 0.6) is 0 Å². The van der Waals surface area contributed by atoms with Crippen molar-refractivity contribution in [1.82, 2.24) is 0 Å². The molecule has 0 unspecified atom stereocenters. The molecule has 1 N–H and O–H groups in total. The van der Waals surface area contributed by atoms with Gasteiger partial charge in [-0.05, 0) is 54.8 Å². The maximum atomic E-state index is 12.5. The zero-order valence-electron chi connectivity index (χ0n) is 11.9. The van der Waals surface area contributed by atoms with Crippen molar-refractivity contribution in [3.05, 3.63) is 57.6 Å². The van der Waals surface area contributed by atoms with Crippen LogP contribution in [0.1, 0.15) is 21.5 Å². The molecule has 7 heteroatoms. The van der Waals surface area contributed by atoms with Crippen LogP contribution in [-0.4, -0.2) is 14.4 Å². The van der Waals surface area contributed by atoms with Crippen LogP contribution in [0.3, 0.4) is 0 Å². The number of benzene rings is 2. The van der Waals surface area contributed by atoms with Gasteiger partial charge in [0, 0.05) is 10.2 Å². The molecule has 0 saturated carbocycles. The first-order valence-corrected chi connectivity index (χ1v) is 8.59. The fourth-order valence-electron chi connectivity index (χ4n) is 1.93. The molecule has 0 bridgehead atoms. The molecule has 0 atom stereocenters. The molecule has 0 aliphatic carbocycles. The Morgan fingerprint density at radius 2 is 1.77 bits per heavy atom. The van der Waals surface area contributed by atoms with Crippen molar-refractivity contribution >= 4 is 37.6 Å². The predicted molar refractivity (Wildman–Crippen MR) is 85.2 cm³/mol. The van der Waals surface area contributed by atoms with Gasteiger partial charge in [0.1, 0.15) is 0 Å². The van der Waals surface area contributed by atoms with Crippen molar-refractivity contribution in [3.8, 4) is 0 Å². The molecule has 0 aliphatic heterocycles. The SMILES string of the molecule is Cc1cc(NS(=O)(=O)c2cc(C(=O)[O-])ccc2C)ccc1Br. The van der Waals surface area contributed by atoms with Gasteiger partial charge in [-0.15, -0.1) is 0 Å². The number of carbonyl (C=O) groups excluding carboxylic acids is 1. The van der Waals surface area contributed by atoms with E-state index >= 15 is 0 Å². The lowest BCUT2D eigenvalue weighted by atomic mass is 10.1. The summed E-state index contributed by atoms with van der Waals surface area (Å²) >= 11 is 3.34. The predicted octanol–water partition coefficient (Wildman–Crippen LogP) is 2.23. The molecular formula is C15H13BrNO4S-. The van der Waals surface area contributed by atoms with E-state index in [1.54, 1.807) is 25.1 Å². The Balaban J connectivity index is 2.44. The van der Waals surface area contributed by atoms with Crippen molar-refractivity contribution in [2.45, 2.75) is 18.7 Å². The van der Waals surface area contributed by atoms with Crippen LogP contribution < -0.4 is 9.83 Å². The fraction of sp³-hybridized carbons (Fsp3) is 0.133. The van der Waals surface area contributed by atoms with E-state index in [0.717, 1.165) is 16.1 Å². The van der Waals surface area contributed by atoms with Crippen molar-refractivity contribution in [2.75, 3.05) is 4.72 Å². The van der Waals surface area contributed by atoms with Crippen LogP contribution in [0.4, 0.5) is 5.69 Å². The summed E-state index contributed by atoms with van der Waals surface area (Å²) in [6.45, 7) is 3.43. The third-order valence-corrected chi connectivity index (χ3v) is 5.54. The van der Waals surface area contributed by atoms with Crippen molar-refractivity contribution in [1.29, 1.82) is 0 Å². The topological polar surface area (TPSA) is 86.3 Å². The quantitative estimate of drug-likeness (QED) is 0.877. The maximum Gasteiger partial charge on any atom is 0.262 e. The number of rotatable bonds is 4. The maximum absolute atomic E-state index is 12.5. The molecule has 0 aromatic heterocycles. The highest BCUT2D eigenvalue weighted by atomic mass is 79.9. The molecule has 0 aliphatic rings. The van der Waals surface area contributed by atoms with Crippen LogP contribution in [0.25, 0.3) is 0 Å². The Labute approximate surface area is 137 Å². The van der Waals surface area contributed by atoms with E-state index in [4.69, 9.17) is 0 Å². The molecule has 2 aromatic carbocycles. The van der Waals surface area contributed by atoms with Gasteiger partial charge in [0.25, 0.3) is 10.0 Å². The largest absolute Gasteiger partial charge is 0.545 e. The molecule has 116 valence electrons. The Bertz CT molecular complexity index is 847. The first-order chi connectivity index (χ1) is 10.2. The molecule has 0 amide bonds. The summed E-state index contributed by atoms with van der Waals surface area (Å²) in [5.41, 5.74) is 1.55. The Kier molecular flexibility index (Phi) is 4.58. The lowest BCUT2D eigenvalue weighted by molar-refractivity contribution is -0.255. The normalized spacial score (nSPS) is 11.2. The Morgan fingerprint density at radius 3 is 2.36 bits per heavy atom. The number of carboxylic acid groups (broad SMARTS) is 1. The van der Waals surface area contributed by atoms with Gasteiger partial charge in [0.2, 0.25) is 0 Å². The van der Waals surface area contributed by atoms with Gasteiger partial charge in [-0.3, -0.25) is 4.72 Å². The van der Waals surface area contributed by atoms with E-state index in [2.05, 4.69) is 20.7 Å². The lowest BCUT2D eigenvalue weighted by Crippen LogP contribution is -2.23. The number of hydrogen-bond donors (Lipinski definition) is 1. The molecule has 2 aromatic rings. The smallest absolute Gasteiger partial charge is 0.262 e. The minimum atomic E-state index is -3.89. The Morgan fingerprint density at radius 1 is 1.09 bits per heavy atom. The van der Waals surface area contributed by atoms with Crippen LogP contribution in [0, 0.1) is 13.8 Å². The zero-order chi connectivity index (χ0) is 16.5. The second-order valence-corrected chi connectivity index (χ2v) is 7.34. The highest BCUT2D eigenvalue weighted by molar-refractivity contribution is 9.10. The van der Waals surface area contributed by atoms with Crippen molar-refractivity contribution in [2.24, 2.45) is 0 Å². The molecule has 0 heterocycles. The summed E-state index contributed by atoms with van der Waals surface area (Å²) in [5, 5.41) is 10.9. The van der Waals surface area contributed by atoms with Crippen LogP contribution in [-0.2, 0) is 10.0 Å². The molecule has 0 fully saturated rings. The molecule has 0 radical (unpaired) electrons. The molecule has 2 rings (SSSR count). The summed E-state index contributed by atoms with van der Waals surface area (Å²) in [5.74, 6) is -1.42. The standard InChI is InChI=1S/C15H14BrNO4S/c1-9-3-4-11(15(18)19)8-14(9)22(20,21)17-12-5-6-13(16)10(2)7-12/h3-8,17H,1-2H3,(H,18,19)/p-1. The minimum absolute atomic E-state index is 0.0882. The third-order valence-electron chi connectivity index (χ3n) is 3.12. The number of sulfonamides is 1. The van der Waals surface area contributed by atoms with Crippen molar-refractivity contribution < 1.29 is 18.3 Å². The zero-order valence-corrected chi connectivity index (χ0v) is 14.3. The van der Waals surface area contributed by atoms with Gasteiger partial charge in [-0.1, -0.05) is 28.1 Å². The Hall–Kier alpha value is -1.86. The lowest BCUT2D eigenvalue weighted by Gasteiger charge is -2.13. The van der Waals surface area contributed by atoms with E-state index in [0.29, 0.717) is 11.3 Å². The third kappa shape index (κ3) is 3.48. The second kappa shape index (κ2) is 6.10. The van der Waals surface area contributed by atoms with E-state index in [1.165, 1.54) is 12.1 Å². The summed E-state index contributed by atoms with van der Waals surface area (Å²) in [7, 11) is -3.89. The number of halogens is 1. The van der Waals surface area contributed by atoms with Gasteiger partial charge < -0.3 is 9.90 Å². The monoisotopic (exact) mass is 382 g/mol. The van der Waals surface area contributed by atoms with E-state index in [-0.39, 0.29) is 10.5 Å². The number of carbonyl (C=O) groups is 1. The minimum Gasteiger partial charge on any atom is -0.545 e. The fourth-order valence-corrected chi connectivity index (χ4v) is 3.50. The summed E-state index contributed by atoms with van der Waals surface area (Å²) in [6, 6.07) is 8.88. The molecular weight excluding hydrogens is 370 g/mol. The van der Waals surface area contributed by atoms with Crippen LogP contribution in [0.15, 0.2) is 45.8 Å². The van der Waals surface area contributed by atoms with E-state index < -0.39 is 16.0 Å². The summed E-state index contributed by atoms with van der Waals surface area (Å²) in [4.78, 5) is 10.8. The first-order valence-electron chi connectivity index (χ1n) is 6.31. The number of aryl methyl sites for hydroxylation is 2. The summed E-state index contributed by atoms with van der Waals surface area (Å²) in [6.07, 6.45) is 0. The average Bonchev–Trinajstić information content (AvgIpc) is 2.42. The van der Waals surface area contributed by atoms with Gasteiger partial charge >= 0.3 is 0 Å². The first kappa shape index (κ1) is 16.5. The number of nitrogens with one attached hydrogen (secondary N) is 1. The van der Waals surface area contributed by atoms with Gasteiger partial charge in [0.15, 0.2) is 0 Å². The van der Waals surface area contributed by atoms with Crippen LogP contribution in [0.2, 0.25) is 0 Å². The average molecular weight is 383 g/mol. The summed E-state index contributed by atoms with van der Waals surface area (Å²) < 4.78 is 28.2. The second-order valence-electron chi connectivity index (χ2n) is 4.84. The highest BCUT2D eigenvalue weighted by Crippen LogP contribution is 2.24. The number of hydrogen-bond acceptors (Lipinski definition) is 4. The van der Waals surface area contributed by atoms with Gasteiger partial charge in [0.05, 0.1) is 10.9 Å². The molecule has 5 nitrogen and oxygen atoms in total. The van der Waals surface area contributed by atoms with Crippen LogP contribution >= 0.6 is 15.9 Å². The number of carboxylic acids is 1. The van der Waals surface area contributed by atoms with Gasteiger partial charge in [-0.25, -0.2) is 8.42 Å². The van der Waals surface area contributed by atoms with E-state index in [9.17, 15) is 18.3 Å². The van der Waals surface area contributed by atoms with Gasteiger partial charge in [-0.2, -0.15) is 0 Å². The molecule has 0 saturated heterocycles. The van der Waals surface area contributed by atoms with E-state index in [1.807, 2.05) is 6.92 Å². The number of anilines is 1. The molecule has 0 spiro atoms. The molecule has 22 heavy (non-hydrogen) atoms. The number of aromatic carboxylic acids is 1. The highest BCUT2D eigenvalue weighted by Gasteiger charge is 2.18. The van der Waals surface area contributed by atoms with Crippen molar-refractivity contribution in [3.63, 3.8) is 0 Å².